The van der Waals surface area contributed by atoms with Crippen molar-refractivity contribution in [2.45, 2.75) is 58.5 Å². The molecule has 0 radical (unpaired) electrons. The number of H-pyrrole nitrogens is 1. The molecule has 166 valence electrons. The van der Waals surface area contributed by atoms with E-state index >= 15 is 4.39 Å². The van der Waals surface area contributed by atoms with Crippen molar-refractivity contribution in [2.75, 3.05) is 26.2 Å². The molecule has 4 rings (SSSR count). The Morgan fingerprint density at radius 1 is 1.42 bits per heavy atom. The minimum atomic E-state index is -0.549. The summed E-state index contributed by atoms with van der Waals surface area (Å²) in [6.07, 6.45) is 2.99. The van der Waals surface area contributed by atoms with Crippen LogP contribution in [0.25, 0.3) is 10.9 Å². The number of aromatic amines is 1. The van der Waals surface area contributed by atoms with E-state index in [4.69, 9.17) is 5.26 Å². The van der Waals surface area contributed by atoms with Crippen LogP contribution in [0.4, 0.5) is 4.39 Å². The van der Waals surface area contributed by atoms with Gasteiger partial charge >= 0.3 is 5.69 Å². The van der Waals surface area contributed by atoms with Gasteiger partial charge in [0.15, 0.2) is 0 Å². The van der Waals surface area contributed by atoms with Gasteiger partial charge in [0.05, 0.1) is 17.0 Å². The Labute approximate surface area is 180 Å². The Morgan fingerprint density at radius 3 is 2.74 bits per heavy atom. The van der Waals surface area contributed by atoms with Crippen molar-refractivity contribution < 1.29 is 4.39 Å². The molecular weight excluding hydrogens is 397 g/mol. The maximum Gasteiger partial charge on any atom is 0.329 e. The first-order valence-corrected chi connectivity index (χ1v) is 11.1. The van der Waals surface area contributed by atoms with E-state index in [-0.39, 0.29) is 22.9 Å². The smallest absolute Gasteiger partial charge is 0.316 e. The molecule has 2 fully saturated rings. The fraction of sp³-hybridized carbons (Fsp3) is 0.609. The van der Waals surface area contributed by atoms with Crippen molar-refractivity contribution in [3.8, 4) is 6.07 Å². The molecule has 2 heterocycles. The Balaban J connectivity index is 2.01. The third-order valence-corrected chi connectivity index (χ3v) is 7.00. The predicted molar refractivity (Wildman–Crippen MR) is 118 cm³/mol. The van der Waals surface area contributed by atoms with Gasteiger partial charge < -0.3 is 5.32 Å². The Hall–Kier alpha value is -2.50. The Bertz CT molecular complexity index is 1150. The minimum Gasteiger partial charge on any atom is -0.316 e. The predicted octanol–water partition coefficient (Wildman–Crippen LogP) is 2.75. The van der Waals surface area contributed by atoms with Gasteiger partial charge in [-0.1, -0.05) is 13.8 Å². The van der Waals surface area contributed by atoms with Crippen LogP contribution >= 0.6 is 0 Å². The van der Waals surface area contributed by atoms with E-state index in [1.807, 2.05) is 13.8 Å². The number of aromatic nitrogens is 2. The lowest BCUT2D eigenvalue weighted by Gasteiger charge is -2.42. The first-order valence-electron chi connectivity index (χ1n) is 11.1. The topological polar surface area (TPSA) is 93.9 Å². The second kappa shape index (κ2) is 8.21. The molecule has 31 heavy (non-hydrogen) atoms. The highest BCUT2D eigenvalue weighted by Gasteiger charge is 2.43. The van der Waals surface area contributed by atoms with Gasteiger partial charge in [0.1, 0.15) is 5.82 Å². The lowest BCUT2D eigenvalue weighted by Crippen LogP contribution is -2.42. The van der Waals surface area contributed by atoms with Gasteiger partial charge in [-0.25, -0.2) is 9.18 Å². The van der Waals surface area contributed by atoms with E-state index in [0.717, 1.165) is 32.4 Å². The highest BCUT2D eigenvalue weighted by atomic mass is 19.1. The molecule has 1 saturated heterocycles. The monoisotopic (exact) mass is 427 g/mol. The van der Waals surface area contributed by atoms with Crippen molar-refractivity contribution in [3.63, 3.8) is 0 Å². The molecule has 2 unspecified atom stereocenters. The van der Waals surface area contributed by atoms with Crippen LogP contribution in [0, 0.1) is 29.5 Å². The minimum absolute atomic E-state index is 0.0481. The van der Waals surface area contributed by atoms with Crippen molar-refractivity contribution in [1.82, 2.24) is 19.8 Å². The Morgan fingerprint density at radius 2 is 2.16 bits per heavy atom. The molecule has 2 atom stereocenters. The van der Waals surface area contributed by atoms with Crippen LogP contribution < -0.4 is 16.6 Å². The van der Waals surface area contributed by atoms with Gasteiger partial charge in [0.2, 0.25) is 0 Å². The number of nitrogens with one attached hydrogen (secondary N) is 2. The first-order chi connectivity index (χ1) is 14.8. The van der Waals surface area contributed by atoms with E-state index in [1.165, 1.54) is 6.07 Å². The van der Waals surface area contributed by atoms with Crippen molar-refractivity contribution in [1.29, 1.82) is 5.26 Å². The number of rotatable bonds is 7. The fourth-order valence-electron chi connectivity index (χ4n) is 5.31. The number of nitrogens with zero attached hydrogens (tertiary/aromatic N) is 3. The number of fused-ring (bicyclic) bond motifs is 1. The fourth-order valence-corrected chi connectivity index (χ4v) is 5.31. The van der Waals surface area contributed by atoms with Crippen LogP contribution in [0.1, 0.15) is 62.7 Å². The number of aryl methyl sites for hydroxylation is 1. The quantitative estimate of drug-likeness (QED) is 0.709. The standard InChI is InChI=1S/C23H30FN5O2/c1-4-28(11-5-9-25)20(23(3)8-10-26-13-23)18-14(2)19-16(12-17(18)24)21(30)27-22(31)29(19)15-6-7-15/h12,15,20,26H,4-8,10-11,13H2,1-3H3,(H,27,30,31). The maximum absolute atomic E-state index is 15.7. The van der Waals surface area contributed by atoms with Gasteiger partial charge in [-0.2, -0.15) is 5.26 Å². The van der Waals surface area contributed by atoms with E-state index in [1.54, 1.807) is 4.57 Å². The first kappa shape index (κ1) is 21.7. The number of hydrogen-bond donors (Lipinski definition) is 2. The molecule has 2 N–H and O–H groups in total. The molecule has 7 nitrogen and oxygen atoms in total. The van der Waals surface area contributed by atoms with Crippen LogP contribution in [-0.4, -0.2) is 40.6 Å². The molecule has 1 aliphatic carbocycles. The summed E-state index contributed by atoms with van der Waals surface area (Å²) in [6, 6.07) is 3.28. The zero-order valence-electron chi connectivity index (χ0n) is 18.4. The van der Waals surface area contributed by atoms with Gasteiger partial charge in [-0.15, -0.1) is 0 Å². The zero-order valence-corrected chi connectivity index (χ0v) is 18.4. The van der Waals surface area contributed by atoms with Crippen LogP contribution in [-0.2, 0) is 0 Å². The van der Waals surface area contributed by atoms with Crippen molar-refractivity contribution in [2.24, 2.45) is 5.41 Å². The van der Waals surface area contributed by atoms with Crippen LogP contribution in [0.3, 0.4) is 0 Å². The number of halogens is 1. The third-order valence-electron chi connectivity index (χ3n) is 7.00. The van der Waals surface area contributed by atoms with E-state index in [9.17, 15) is 9.59 Å². The lowest BCUT2D eigenvalue weighted by molar-refractivity contribution is 0.0900. The van der Waals surface area contributed by atoms with E-state index < -0.39 is 17.1 Å². The summed E-state index contributed by atoms with van der Waals surface area (Å²) in [6.45, 7) is 8.80. The second-order valence-electron chi connectivity index (χ2n) is 9.17. The molecule has 1 saturated carbocycles. The summed E-state index contributed by atoms with van der Waals surface area (Å²) in [7, 11) is 0. The zero-order chi connectivity index (χ0) is 22.3. The van der Waals surface area contributed by atoms with Gasteiger partial charge in [0, 0.05) is 42.6 Å². The summed E-state index contributed by atoms with van der Waals surface area (Å²) in [5.74, 6) is -0.426. The molecule has 8 heteroatoms. The largest absolute Gasteiger partial charge is 0.329 e. The van der Waals surface area contributed by atoms with E-state index in [0.29, 0.717) is 36.2 Å². The summed E-state index contributed by atoms with van der Waals surface area (Å²) < 4.78 is 17.4. The van der Waals surface area contributed by atoms with E-state index in [2.05, 4.69) is 28.2 Å². The molecule has 2 aromatic rings. The second-order valence-corrected chi connectivity index (χ2v) is 9.17. The number of hydrogen-bond acceptors (Lipinski definition) is 5. The summed E-state index contributed by atoms with van der Waals surface area (Å²) in [4.78, 5) is 29.7. The lowest BCUT2D eigenvalue weighted by atomic mass is 9.75. The molecule has 1 aromatic carbocycles. The molecular formula is C23H30FN5O2. The van der Waals surface area contributed by atoms with Crippen LogP contribution in [0.2, 0.25) is 0 Å². The highest BCUT2D eigenvalue weighted by molar-refractivity contribution is 5.83. The SMILES string of the molecule is CCN(CCC#N)C(c1c(F)cc2c(=O)[nH]c(=O)n(C3CC3)c2c1C)C1(C)CCNC1. The molecule has 0 bridgehead atoms. The molecule has 0 amide bonds. The molecule has 1 aromatic heterocycles. The van der Waals surface area contributed by atoms with Gasteiger partial charge in [-0.3, -0.25) is 19.2 Å². The van der Waals surface area contributed by atoms with Crippen LogP contribution in [0.15, 0.2) is 15.7 Å². The maximum atomic E-state index is 15.7. The molecule has 1 aliphatic heterocycles. The molecule has 2 aliphatic rings. The number of benzene rings is 1. The summed E-state index contributed by atoms with van der Waals surface area (Å²) in [5.41, 5.74) is 0.520. The number of nitriles is 1. The highest BCUT2D eigenvalue weighted by Crippen LogP contribution is 2.46. The molecule has 0 spiro atoms. The average molecular weight is 428 g/mol. The van der Waals surface area contributed by atoms with Gasteiger partial charge in [0.25, 0.3) is 5.56 Å². The summed E-state index contributed by atoms with van der Waals surface area (Å²) in [5, 5.41) is 12.8. The summed E-state index contributed by atoms with van der Waals surface area (Å²) >= 11 is 0. The average Bonchev–Trinajstić information content (AvgIpc) is 3.47. The van der Waals surface area contributed by atoms with Gasteiger partial charge in [-0.05, 0) is 50.9 Å². The third kappa shape index (κ3) is 3.70. The Kier molecular flexibility index (Phi) is 5.75. The van der Waals surface area contributed by atoms with Crippen molar-refractivity contribution in [3.05, 3.63) is 43.8 Å². The van der Waals surface area contributed by atoms with Crippen LogP contribution in [0.5, 0.6) is 0 Å². The van der Waals surface area contributed by atoms with Crippen molar-refractivity contribution >= 4 is 10.9 Å². The normalized spacial score (nSPS) is 22.2.